The van der Waals surface area contributed by atoms with E-state index in [1.807, 2.05) is 11.6 Å². The fraction of sp³-hybridized carbons (Fsp3) is 0.238. The van der Waals surface area contributed by atoms with Crippen LogP contribution in [0.15, 0.2) is 65.3 Å². The van der Waals surface area contributed by atoms with Crippen LogP contribution in [0.4, 0.5) is 15.3 Å². The number of hydrogen-bond acceptors (Lipinski definition) is 8. The molecule has 0 spiro atoms. The number of nitrogens with zero attached hydrogens (tertiary/aromatic N) is 3. The lowest BCUT2D eigenvalue weighted by Crippen LogP contribution is -2.67. The molecular weight excluding hydrogens is 468 g/mol. The Kier molecular flexibility index (Phi) is 7.20. The molecule has 3 N–H and O–H groups in total. The van der Waals surface area contributed by atoms with Gasteiger partial charge in [-0.05, 0) is 47.4 Å². The van der Waals surface area contributed by atoms with Crippen molar-refractivity contribution >= 4 is 41.1 Å². The second kappa shape index (κ2) is 10.5. The number of amides is 4. The van der Waals surface area contributed by atoms with Gasteiger partial charge in [0.15, 0.2) is 6.29 Å². The van der Waals surface area contributed by atoms with Crippen molar-refractivity contribution in [1.82, 2.24) is 20.4 Å². The molecule has 2 heterocycles. The van der Waals surface area contributed by atoms with E-state index in [0.29, 0.717) is 16.5 Å². The summed E-state index contributed by atoms with van der Waals surface area (Å²) in [5, 5.41) is 14.2. The number of nitroso groups, excluding NO2 is 1. The Balaban J connectivity index is 1.49. The van der Waals surface area contributed by atoms with Crippen LogP contribution >= 0.6 is 23.4 Å². The highest BCUT2D eigenvalue weighted by molar-refractivity contribution is 8.02. The lowest BCUT2D eigenvalue weighted by molar-refractivity contribution is 0.107. The minimum Gasteiger partial charge on any atom is -0.461 e. The van der Waals surface area contributed by atoms with Gasteiger partial charge in [0, 0.05) is 16.9 Å². The quantitative estimate of drug-likeness (QED) is 0.458. The lowest BCUT2D eigenvalue weighted by Gasteiger charge is -2.41. The Morgan fingerprint density at radius 2 is 1.88 bits per heavy atom. The van der Waals surface area contributed by atoms with Gasteiger partial charge in [-0.25, -0.2) is 14.5 Å². The summed E-state index contributed by atoms with van der Waals surface area (Å²) in [6.07, 6.45) is 1.00. The second-order valence-corrected chi connectivity index (χ2v) is 8.53. The fourth-order valence-corrected chi connectivity index (χ4v) is 4.01. The number of urea groups is 2. The zero-order valence-corrected chi connectivity index (χ0v) is 18.9. The number of halogens is 1. The average Bonchev–Trinajstić information content (AvgIpc) is 3.32. The van der Waals surface area contributed by atoms with E-state index in [0.717, 1.165) is 10.5 Å². The molecule has 0 aromatic heterocycles. The Labute approximate surface area is 199 Å². The average molecular weight is 489 g/mol. The molecule has 0 radical (unpaired) electrons. The number of anilines is 1. The van der Waals surface area contributed by atoms with Crippen molar-refractivity contribution in [3.63, 3.8) is 0 Å². The number of ether oxygens (including phenoxy) is 1. The largest absolute Gasteiger partial charge is 0.461 e. The van der Waals surface area contributed by atoms with E-state index in [4.69, 9.17) is 16.3 Å². The van der Waals surface area contributed by atoms with Gasteiger partial charge in [-0.1, -0.05) is 40.7 Å². The molecule has 10 nitrogen and oxygen atoms in total. The molecule has 2 atom stereocenters. The highest BCUT2D eigenvalue weighted by Crippen LogP contribution is 2.24. The number of nitrogens with one attached hydrogen (secondary N) is 3. The summed E-state index contributed by atoms with van der Waals surface area (Å²) in [7, 11) is 0. The first kappa shape index (κ1) is 22.7. The van der Waals surface area contributed by atoms with Gasteiger partial charge in [0.25, 0.3) is 0 Å². The van der Waals surface area contributed by atoms with E-state index in [1.165, 1.54) is 16.7 Å². The van der Waals surface area contributed by atoms with Crippen LogP contribution in [-0.4, -0.2) is 46.8 Å². The lowest BCUT2D eigenvalue weighted by atomic mass is 10.2. The van der Waals surface area contributed by atoms with Gasteiger partial charge < -0.3 is 15.4 Å². The Morgan fingerprint density at radius 1 is 1.12 bits per heavy atom. The third-order valence-corrected chi connectivity index (χ3v) is 5.90. The minimum atomic E-state index is -0.816. The molecule has 2 aliphatic heterocycles. The van der Waals surface area contributed by atoms with Gasteiger partial charge in [-0.2, -0.15) is 4.91 Å². The molecule has 0 saturated carbocycles. The van der Waals surface area contributed by atoms with Gasteiger partial charge >= 0.3 is 12.1 Å². The van der Waals surface area contributed by atoms with Crippen LogP contribution in [0.25, 0.3) is 0 Å². The maximum atomic E-state index is 13.1. The normalized spacial score (nSPS) is 19.8. The summed E-state index contributed by atoms with van der Waals surface area (Å²) in [6, 6.07) is 13.1. The number of hydrogen-bond donors (Lipinski definition) is 3. The number of imide groups is 1. The van der Waals surface area contributed by atoms with Crippen molar-refractivity contribution in [2.24, 2.45) is 5.18 Å². The maximum absolute atomic E-state index is 13.1. The van der Waals surface area contributed by atoms with E-state index in [2.05, 4.69) is 21.1 Å². The van der Waals surface area contributed by atoms with E-state index in [1.54, 1.807) is 48.5 Å². The molecule has 2 aromatic carbocycles. The van der Waals surface area contributed by atoms with Gasteiger partial charge in [0.05, 0.1) is 19.6 Å². The smallest absolute Gasteiger partial charge is 0.331 e. The van der Waals surface area contributed by atoms with Crippen LogP contribution in [0.3, 0.4) is 0 Å². The first-order chi connectivity index (χ1) is 16.0. The Hall–Kier alpha value is -3.44. The molecule has 4 amide bonds. The minimum absolute atomic E-state index is 0.105. The van der Waals surface area contributed by atoms with Gasteiger partial charge in [0.2, 0.25) is 5.56 Å². The van der Waals surface area contributed by atoms with Crippen molar-refractivity contribution in [3.05, 3.63) is 75.6 Å². The first-order valence-corrected chi connectivity index (χ1v) is 11.4. The zero-order valence-electron chi connectivity index (χ0n) is 17.3. The summed E-state index contributed by atoms with van der Waals surface area (Å²) < 4.78 is 5.79. The second-order valence-electron chi connectivity index (χ2n) is 7.12. The molecule has 172 valence electrons. The number of carbonyl (C=O) groups is 2. The van der Waals surface area contributed by atoms with Gasteiger partial charge in [-0.3, -0.25) is 10.2 Å². The predicted molar refractivity (Wildman–Crippen MR) is 126 cm³/mol. The topological polar surface area (TPSA) is 115 Å². The number of benzene rings is 2. The maximum Gasteiger partial charge on any atom is 0.331 e. The van der Waals surface area contributed by atoms with Crippen molar-refractivity contribution in [1.29, 1.82) is 0 Å². The fourth-order valence-electron chi connectivity index (χ4n) is 3.26. The number of rotatable bonds is 9. The molecule has 0 aliphatic carbocycles. The van der Waals surface area contributed by atoms with E-state index in [9.17, 15) is 14.5 Å². The van der Waals surface area contributed by atoms with E-state index < -0.39 is 18.4 Å². The monoisotopic (exact) mass is 488 g/mol. The van der Waals surface area contributed by atoms with Crippen molar-refractivity contribution in [3.8, 4) is 5.75 Å². The molecule has 2 aromatic rings. The molecule has 33 heavy (non-hydrogen) atoms. The Bertz CT molecular complexity index is 1030. The highest BCUT2D eigenvalue weighted by Gasteiger charge is 2.38. The molecule has 1 saturated heterocycles. The summed E-state index contributed by atoms with van der Waals surface area (Å²) in [5.74, 6) is 0.670. The number of carbonyl (C=O) groups excluding carboxylic acids is 2. The predicted octanol–water partition coefficient (Wildman–Crippen LogP) is 3.92. The van der Waals surface area contributed by atoms with E-state index >= 15 is 0 Å². The van der Waals surface area contributed by atoms with Crippen molar-refractivity contribution in [2.45, 2.75) is 18.4 Å². The summed E-state index contributed by atoms with van der Waals surface area (Å²) in [6.45, 7) is -0.0823. The van der Waals surface area contributed by atoms with Gasteiger partial charge in [0.1, 0.15) is 5.75 Å². The molecule has 0 bridgehead atoms. The third kappa shape index (κ3) is 5.68. The molecule has 1 fully saturated rings. The van der Waals surface area contributed by atoms with Crippen LogP contribution in [0.5, 0.6) is 5.75 Å². The summed E-state index contributed by atoms with van der Waals surface area (Å²) >= 11 is 7.49. The van der Waals surface area contributed by atoms with Crippen LogP contribution < -0.4 is 20.7 Å². The van der Waals surface area contributed by atoms with Crippen LogP contribution in [0.1, 0.15) is 5.56 Å². The third-order valence-electron chi connectivity index (χ3n) is 4.88. The van der Waals surface area contributed by atoms with Crippen molar-refractivity contribution in [2.75, 3.05) is 18.4 Å². The molecule has 4 rings (SSSR count). The molecule has 2 aliphatic rings. The molecule has 12 heteroatoms. The van der Waals surface area contributed by atoms with Gasteiger partial charge in [-0.15, -0.1) is 0 Å². The summed E-state index contributed by atoms with van der Waals surface area (Å²) in [4.78, 5) is 38.6. The van der Waals surface area contributed by atoms with Crippen LogP contribution in [0.2, 0.25) is 5.02 Å². The Morgan fingerprint density at radius 3 is 2.55 bits per heavy atom. The van der Waals surface area contributed by atoms with Crippen LogP contribution in [-0.2, 0) is 6.54 Å². The SMILES string of the molecule is O=NCCN1C(=O)NC(Nc2ccc(OC3NC=CS3)cc2)N(Cc2ccc(Cl)cc2)C1=O. The summed E-state index contributed by atoms with van der Waals surface area (Å²) in [5.41, 5.74) is 1.32. The van der Waals surface area contributed by atoms with E-state index in [-0.39, 0.29) is 25.2 Å². The van der Waals surface area contributed by atoms with Crippen molar-refractivity contribution < 1.29 is 14.3 Å². The highest BCUT2D eigenvalue weighted by atomic mass is 35.5. The standard InChI is InChI=1S/C21H21ClN6O4S/c22-15-3-1-14(2-4-15)13-28-18(26-19(29)27(21(28)30)11-9-24-31)25-16-5-7-17(8-6-16)32-20-23-10-12-33-20/h1-8,10,12,18,20,23,25H,9,11,13H2,(H,26,29). The van der Waals surface area contributed by atoms with Crippen LogP contribution in [0, 0.1) is 4.91 Å². The number of thioether (sulfide) groups is 1. The molecule has 2 unspecified atom stereocenters. The molecular formula is C21H21ClN6O4S. The zero-order chi connectivity index (χ0) is 23.2. The first-order valence-electron chi connectivity index (χ1n) is 10.1.